The fourth-order valence-electron chi connectivity index (χ4n) is 4.50. The predicted octanol–water partition coefficient (Wildman–Crippen LogP) is 0.544. The molecule has 1 saturated heterocycles. The second-order valence-corrected chi connectivity index (χ2v) is 8.36. The Bertz CT molecular complexity index is 1530. The third-order valence-electron chi connectivity index (χ3n) is 6.18. The van der Waals surface area contributed by atoms with Gasteiger partial charge in [-0.25, -0.2) is 9.78 Å². The minimum atomic E-state index is -0.425. The van der Waals surface area contributed by atoms with Crippen LogP contribution in [0, 0.1) is 11.8 Å². The fourth-order valence-corrected chi connectivity index (χ4v) is 4.50. The topological polar surface area (TPSA) is 108 Å². The molecule has 5 heterocycles. The van der Waals surface area contributed by atoms with Crippen molar-refractivity contribution in [1.29, 1.82) is 0 Å². The zero-order valence-corrected chi connectivity index (χ0v) is 18.7. The summed E-state index contributed by atoms with van der Waals surface area (Å²) in [5.74, 6) is 6.57. The molecule has 0 bridgehead atoms. The molecule has 0 amide bonds. The molecule has 170 valence electrons. The zero-order valence-electron chi connectivity index (χ0n) is 18.7. The quantitative estimate of drug-likeness (QED) is 0.459. The number of imidazole rings is 2. The highest BCUT2D eigenvalue weighted by atomic mass is 16.2. The van der Waals surface area contributed by atoms with Gasteiger partial charge in [0.15, 0.2) is 11.2 Å². The fraction of sp³-hybridized carbons (Fsp3) is 0.391. The maximum Gasteiger partial charge on any atom is 0.332 e. The summed E-state index contributed by atoms with van der Waals surface area (Å²) in [6.45, 7) is 3.60. The Balaban J connectivity index is 1.71. The summed E-state index contributed by atoms with van der Waals surface area (Å²) in [5, 5.41) is 0. The van der Waals surface area contributed by atoms with Crippen molar-refractivity contribution < 1.29 is 0 Å². The van der Waals surface area contributed by atoms with Crippen molar-refractivity contribution in [3.8, 4) is 11.8 Å². The average molecular weight is 447 g/mol. The van der Waals surface area contributed by atoms with E-state index in [9.17, 15) is 9.59 Å². The van der Waals surface area contributed by atoms with Gasteiger partial charge in [-0.15, -0.1) is 5.92 Å². The highest BCUT2D eigenvalue weighted by molar-refractivity contribution is 5.75. The van der Waals surface area contributed by atoms with Gasteiger partial charge in [0.2, 0.25) is 5.95 Å². The molecule has 4 aromatic heterocycles. The van der Waals surface area contributed by atoms with Gasteiger partial charge in [0, 0.05) is 32.4 Å². The van der Waals surface area contributed by atoms with Crippen LogP contribution >= 0.6 is 0 Å². The summed E-state index contributed by atoms with van der Waals surface area (Å²) in [7, 11) is 1.64. The van der Waals surface area contributed by atoms with E-state index in [4.69, 9.17) is 10.7 Å². The highest BCUT2D eigenvalue weighted by Gasteiger charge is 2.26. The van der Waals surface area contributed by atoms with Crippen molar-refractivity contribution in [2.75, 3.05) is 18.0 Å². The molecule has 1 fully saturated rings. The van der Waals surface area contributed by atoms with Crippen molar-refractivity contribution in [3.63, 3.8) is 0 Å². The van der Waals surface area contributed by atoms with E-state index < -0.39 is 11.2 Å². The van der Waals surface area contributed by atoms with Crippen molar-refractivity contribution in [2.24, 2.45) is 12.8 Å². The van der Waals surface area contributed by atoms with Crippen LogP contribution in [0.1, 0.15) is 25.5 Å². The molecule has 4 aromatic rings. The number of nitrogens with two attached hydrogens (primary N) is 1. The number of aryl methyl sites for hydroxylation is 1. The van der Waals surface area contributed by atoms with Gasteiger partial charge in [0.05, 0.1) is 25.0 Å². The summed E-state index contributed by atoms with van der Waals surface area (Å²) < 4.78 is 6.36. The Morgan fingerprint density at radius 1 is 1.24 bits per heavy atom. The molecular formula is C23H26N8O2. The van der Waals surface area contributed by atoms with E-state index in [-0.39, 0.29) is 12.6 Å². The smallest absolute Gasteiger partial charge is 0.332 e. The van der Waals surface area contributed by atoms with E-state index in [0.29, 0.717) is 30.2 Å². The first-order valence-corrected chi connectivity index (χ1v) is 11.0. The SMILES string of the molecule is CC#CCn1c(N2CCCC(N)C2)nc2c1c(=O)n(Cc1cnc3ccccn13)c(=O)n2C. The van der Waals surface area contributed by atoms with E-state index in [1.165, 1.54) is 9.13 Å². The first-order valence-electron chi connectivity index (χ1n) is 11.0. The van der Waals surface area contributed by atoms with Crippen molar-refractivity contribution in [2.45, 2.75) is 38.9 Å². The first kappa shape index (κ1) is 21.0. The van der Waals surface area contributed by atoms with Crippen LogP contribution in [0.25, 0.3) is 16.8 Å². The molecule has 1 aliphatic heterocycles. The molecule has 33 heavy (non-hydrogen) atoms. The van der Waals surface area contributed by atoms with Gasteiger partial charge in [-0.3, -0.25) is 18.5 Å². The van der Waals surface area contributed by atoms with Crippen molar-refractivity contribution >= 4 is 22.8 Å². The summed E-state index contributed by atoms with van der Waals surface area (Å²) in [4.78, 5) is 38.1. The van der Waals surface area contributed by atoms with Crippen LogP contribution in [-0.2, 0) is 20.1 Å². The van der Waals surface area contributed by atoms with Gasteiger partial charge < -0.3 is 15.0 Å². The van der Waals surface area contributed by atoms with Crippen LogP contribution in [0.15, 0.2) is 40.2 Å². The van der Waals surface area contributed by atoms with E-state index in [0.717, 1.165) is 30.7 Å². The molecule has 1 aliphatic rings. The first-order chi connectivity index (χ1) is 16.0. The van der Waals surface area contributed by atoms with Crippen LogP contribution in [0.5, 0.6) is 0 Å². The zero-order chi connectivity index (χ0) is 23.1. The van der Waals surface area contributed by atoms with Gasteiger partial charge in [-0.05, 0) is 31.9 Å². The summed E-state index contributed by atoms with van der Waals surface area (Å²) in [6, 6.07) is 5.70. The number of fused-ring (bicyclic) bond motifs is 2. The summed E-state index contributed by atoms with van der Waals surface area (Å²) >= 11 is 0. The van der Waals surface area contributed by atoms with E-state index in [1.54, 1.807) is 20.2 Å². The van der Waals surface area contributed by atoms with E-state index in [1.807, 2.05) is 33.4 Å². The third-order valence-corrected chi connectivity index (χ3v) is 6.18. The molecule has 0 saturated carbocycles. The molecule has 10 nitrogen and oxygen atoms in total. The summed E-state index contributed by atoms with van der Waals surface area (Å²) in [6.07, 6.45) is 5.45. The number of hydrogen-bond acceptors (Lipinski definition) is 6. The molecule has 5 rings (SSSR count). The minimum absolute atomic E-state index is 0.0416. The molecule has 2 N–H and O–H groups in total. The Morgan fingerprint density at radius 3 is 2.88 bits per heavy atom. The molecule has 10 heteroatoms. The summed E-state index contributed by atoms with van der Waals surface area (Å²) in [5.41, 5.74) is 7.60. The number of anilines is 1. The molecule has 0 spiro atoms. The van der Waals surface area contributed by atoms with Gasteiger partial charge in [-0.2, -0.15) is 4.98 Å². The van der Waals surface area contributed by atoms with Gasteiger partial charge in [-0.1, -0.05) is 12.0 Å². The Labute approximate surface area is 189 Å². The number of nitrogens with zero attached hydrogens (tertiary/aromatic N) is 7. The maximum absolute atomic E-state index is 13.7. The van der Waals surface area contributed by atoms with Crippen LogP contribution in [0.3, 0.4) is 0 Å². The monoisotopic (exact) mass is 446 g/mol. The number of aromatic nitrogens is 6. The van der Waals surface area contributed by atoms with Crippen molar-refractivity contribution in [1.82, 2.24) is 28.1 Å². The average Bonchev–Trinajstić information content (AvgIpc) is 3.41. The van der Waals surface area contributed by atoms with E-state index in [2.05, 4.69) is 21.7 Å². The number of rotatable bonds is 4. The number of piperidine rings is 1. The number of pyridine rings is 1. The largest absolute Gasteiger partial charge is 0.341 e. The van der Waals surface area contributed by atoms with Crippen LogP contribution in [0.2, 0.25) is 0 Å². The highest BCUT2D eigenvalue weighted by Crippen LogP contribution is 2.23. The second kappa shape index (κ2) is 8.26. The predicted molar refractivity (Wildman–Crippen MR) is 126 cm³/mol. The normalized spacial score (nSPS) is 16.3. The molecular weight excluding hydrogens is 420 g/mol. The molecule has 0 aromatic carbocycles. The Morgan fingerprint density at radius 2 is 2.09 bits per heavy atom. The molecule has 0 aliphatic carbocycles. The lowest BCUT2D eigenvalue weighted by Crippen LogP contribution is -2.44. The lowest BCUT2D eigenvalue weighted by Gasteiger charge is -2.31. The Hall–Kier alpha value is -3.84. The standard InChI is InChI=1S/C23H26N8O2/c1-3-4-11-30-19-20(26-22(30)28-10-7-8-16(24)14-28)27(2)23(33)31(21(19)32)15-17-13-25-18-9-5-6-12-29(17)18/h5-6,9,12-13,16H,7-8,10-11,14-15,24H2,1-2H3. The lowest BCUT2D eigenvalue weighted by molar-refractivity contribution is 0.496. The lowest BCUT2D eigenvalue weighted by atomic mass is 10.1. The molecule has 1 atom stereocenters. The van der Waals surface area contributed by atoms with E-state index >= 15 is 0 Å². The molecule has 0 radical (unpaired) electrons. The van der Waals surface area contributed by atoms with Crippen LogP contribution in [-0.4, -0.2) is 47.2 Å². The van der Waals surface area contributed by atoms with Gasteiger partial charge in [0.1, 0.15) is 5.65 Å². The second-order valence-electron chi connectivity index (χ2n) is 8.36. The third kappa shape index (κ3) is 3.50. The van der Waals surface area contributed by atoms with Gasteiger partial charge in [0.25, 0.3) is 5.56 Å². The van der Waals surface area contributed by atoms with Crippen LogP contribution < -0.4 is 21.9 Å². The minimum Gasteiger partial charge on any atom is -0.341 e. The molecule has 1 unspecified atom stereocenters. The Kier molecular flexibility index (Phi) is 5.26. The van der Waals surface area contributed by atoms with Crippen molar-refractivity contribution in [3.05, 3.63) is 57.1 Å². The maximum atomic E-state index is 13.7. The van der Waals surface area contributed by atoms with Gasteiger partial charge >= 0.3 is 5.69 Å². The van der Waals surface area contributed by atoms with Crippen LogP contribution in [0.4, 0.5) is 5.95 Å². The number of hydrogen-bond donors (Lipinski definition) is 1.